The summed E-state index contributed by atoms with van der Waals surface area (Å²) >= 11 is 0. The van der Waals surface area contributed by atoms with Crippen molar-refractivity contribution < 1.29 is 13.2 Å². The van der Waals surface area contributed by atoms with Crippen LogP contribution < -0.4 is 5.32 Å². The summed E-state index contributed by atoms with van der Waals surface area (Å²) in [6.07, 6.45) is 5.36. The van der Waals surface area contributed by atoms with Crippen LogP contribution in [0.2, 0.25) is 0 Å². The Labute approximate surface area is 139 Å². The molecule has 0 saturated carbocycles. The Hall–Kier alpha value is -1.40. The van der Waals surface area contributed by atoms with Gasteiger partial charge in [0.25, 0.3) is 0 Å². The first-order chi connectivity index (χ1) is 10.8. The molecule has 128 valence electrons. The average molecular weight is 338 g/mol. The van der Waals surface area contributed by atoms with Crippen LogP contribution in [0.25, 0.3) is 0 Å². The molecule has 0 aromatic heterocycles. The van der Waals surface area contributed by atoms with E-state index in [1.807, 2.05) is 0 Å². The zero-order valence-electron chi connectivity index (χ0n) is 13.9. The van der Waals surface area contributed by atoms with E-state index >= 15 is 0 Å². The molecule has 1 aliphatic rings. The first-order valence-corrected chi connectivity index (χ1v) is 9.91. The predicted molar refractivity (Wildman–Crippen MR) is 90.9 cm³/mol. The van der Waals surface area contributed by atoms with E-state index in [1.54, 1.807) is 29.2 Å². The van der Waals surface area contributed by atoms with E-state index < -0.39 is 9.84 Å². The summed E-state index contributed by atoms with van der Waals surface area (Å²) in [6, 6.07) is 6.75. The van der Waals surface area contributed by atoms with E-state index in [9.17, 15) is 13.2 Å². The van der Waals surface area contributed by atoms with Crippen molar-refractivity contribution >= 4 is 16.2 Å². The van der Waals surface area contributed by atoms with Crippen LogP contribution in [0, 0.1) is 5.41 Å². The second-order valence-corrected chi connectivity index (χ2v) is 8.82. The highest BCUT2D eigenvalue weighted by molar-refractivity contribution is 7.90. The van der Waals surface area contributed by atoms with Crippen LogP contribution in [0.15, 0.2) is 29.2 Å². The third kappa shape index (κ3) is 5.32. The standard InChI is InChI=1S/C17H26N2O3S/c1-17(7-10-18-11-8-17)9-12-19(14-20)13-15-3-5-16(6-4-15)23(2,21)22/h3-6,14,18H,7-13H2,1-2H3. The topological polar surface area (TPSA) is 66.5 Å². The molecule has 1 saturated heterocycles. The zero-order valence-corrected chi connectivity index (χ0v) is 14.7. The smallest absolute Gasteiger partial charge is 0.210 e. The maximum absolute atomic E-state index is 11.5. The summed E-state index contributed by atoms with van der Waals surface area (Å²) in [5.41, 5.74) is 1.24. The minimum atomic E-state index is -3.18. The number of hydrogen-bond donors (Lipinski definition) is 1. The van der Waals surface area contributed by atoms with E-state index in [0.717, 1.165) is 50.9 Å². The Bertz CT molecular complexity index is 620. The molecule has 0 spiro atoms. The molecule has 0 aliphatic carbocycles. The molecular formula is C17H26N2O3S. The SMILES string of the molecule is CC1(CCN(C=O)Cc2ccc(S(C)(=O)=O)cc2)CCNCC1. The number of nitrogens with one attached hydrogen (secondary N) is 1. The summed E-state index contributed by atoms with van der Waals surface area (Å²) in [4.78, 5) is 13.4. The van der Waals surface area contributed by atoms with Crippen LogP contribution in [0.3, 0.4) is 0 Å². The quantitative estimate of drug-likeness (QED) is 0.770. The van der Waals surface area contributed by atoms with Gasteiger partial charge in [-0.15, -0.1) is 0 Å². The zero-order chi connectivity index (χ0) is 16.9. The number of sulfone groups is 1. The first-order valence-electron chi connectivity index (χ1n) is 8.01. The molecule has 1 N–H and O–H groups in total. The summed E-state index contributed by atoms with van der Waals surface area (Å²) in [5.74, 6) is 0. The van der Waals surface area contributed by atoms with Gasteiger partial charge in [0.2, 0.25) is 6.41 Å². The van der Waals surface area contributed by atoms with E-state index in [1.165, 1.54) is 6.26 Å². The largest absolute Gasteiger partial charge is 0.341 e. The van der Waals surface area contributed by atoms with Crippen molar-refractivity contribution in [1.29, 1.82) is 0 Å². The lowest BCUT2D eigenvalue weighted by atomic mass is 9.78. The maximum Gasteiger partial charge on any atom is 0.210 e. The number of rotatable bonds is 7. The highest BCUT2D eigenvalue weighted by atomic mass is 32.2. The Morgan fingerprint density at radius 3 is 2.35 bits per heavy atom. The number of hydrogen-bond acceptors (Lipinski definition) is 4. The van der Waals surface area contributed by atoms with Crippen molar-refractivity contribution in [3.63, 3.8) is 0 Å². The predicted octanol–water partition coefficient (Wildman–Crippen LogP) is 1.83. The van der Waals surface area contributed by atoms with Gasteiger partial charge >= 0.3 is 0 Å². The Kier molecular flexibility index (Phi) is 5.81. The lowest BCUT2D eigenvalue weighted by molar-refractivity contribution is -0.119. The Balaban J connectivity index is 1.92. The minimum Gasteiger partial charge on any atom is -0.341 e. The fourth-order valence-electron chi connectivity index (χ4n) is 2.94. The summed E-state index contributed by atoms with van der Waals surface area (Å²) in [6.45, 7) is 5.63. The van der Waals surface area contributed by atoms with Gasteiger partial charge in [-0.2, -0.15) is 0 Å². The Morgan fingerprint density at radius 1 is 1.22 bits per heavy atom. The normalized spacial score (nSPS) is 17.7. The number of carbonyl (C=O) groups excluding carboxylic acids is 1. The van der Waals surface area contributed by atoms with Crippen LogP contribution >= 0.6 is 0 Å². The third-order valence-corrected chi connectivity index (χ3v) is 5.83. The van der Waals surface area contributed by atoms with Crippen LogP contribution in [0.4, 0.5) is 0 Å². The molecule has 1 aliphatic heterocycles. The van der Waals surface area contributed by atoms with Gasteiger partial charge in [-0.1, -0.05) is 19.1 Å². The number of amides is 1. The van der Waals surface area contributed by atoms with Crippen molar-refractivity contribution in [2.45, 2.75) is 37.6 Å². The van der Waals surface area contributed by atoms with Gasteiger partial charge in [-0.25, -0.2) is 8.42 Å². The highest BCUT2D eigenvalue weighted by Gasteiger charge is 2.26. The molecule has 0 radical (unpaired) electrons. The second-order valence-electron chi connectivity index (χ2n) is 6.80. The van der Waals surface area contributed by atoms with Gasteiger partial charge in [-0.05, 0) is 55.5 Å². The fraction of sp³-hybridized carbons (Fsp3) is 0.588. The highest BCUT2D eigenvalue weighted by Crippen LogP contribution is 2.31. The molecule has 0 bridgehead atoms. The van der Waals surface area contributed by atoms with E-state index in [2.05, 4.69) is 12.2 Å². The fourth-order valence-corrected chi connectivity index (χ4v) is 3.57. The van der Waals surface area contributed by atoms with Gasteiger partial charge in [-0.3, -0.25) is 4.79 Å². The molecule has 6 heteroatoms. The first kappa shape index (κ1) is 17.9. The van der Waals surface area contributed by atoms with E-state index in [4.69, 9.17) is 0 Å². The molecular weight excluding hydrogens is 312 g/mol. The molecule has 1 heterocycles. The molecule has 1 fully saturated rings. The van der Waals surface area contributed by atoms with Crippen molar-refractivity contribution in [3.8, 4) is 0 Å². The van der Waals surface area contributed by atoms with Crippen molar-refractivity contribution in [2.24, 2.45) is 5.41 Å². The van der Waals surface area contributed by atoms with Crippen molar-refractivity contribution in [1.82, 2.24) is 10.2 Å². The summed E-state index contributed by atoms with van der Waals surface area (Å²) in [5, 5.41) is 3.37. The monoisotopic (exact) mass is 338 g/mol. The number of piperidine rings is 1. The van der Waals surface area contributed by atoms with Gasteiger partial charge < -0.3 is 10.2 Å². The second kappa shape index (κ2) is 7.45. The number of carbonyl (C=O) groups is 1. The Morgan fingerprint density at radius 2 is 1.83 bits per heavy atom. The molecule has 5 nitrogen and oxygen atoms in total. The molecule has 2 rings (SSSR count). The van der Waals surface area contributed by atoms with Gasteiger partial charge in [0.05, 0.1) is 4.90 Å². The van der Waals surface area contributed by atoms with Crippen LogP contribution in [-0.4, -0.2) is 45.6 Å². The van der Waals surface area contributed by atoms with Gasteiger partial charge in [0.15, 0.2) is 9.84 Å². The molecule has 1 aromatic carbocycles. The maximum atomic E-state index is 11.5. The third-order valence-electron chi connectivity index (χ3n) is 4.70. The summed E-state index contributed by atoms with van der Waals surface area (Å²) < 4.78 is 22.9. The van der Waals surface area contributed by atoms with E-state index in [-0.39, 0.29) is 0 Å². The molecule has 0 atom stereocenters. The minimum absolute atomic E-state index is 0.298. The molecule has 0 unspecified atom stereocenters. The molecule has 1 aromatic rings. The molecule has 23 heavy (non-hydrogen) atoms. The lowest BCUT2D eigenvalue weighted by Gasteiger charge is -2.35. The van der Waals surface area contributed by atoms with Crippen LogP contribution in [0.1, 0.15) is 31.7 Å². The lowest BCUT2D eigenvalue weighted by Crippen LogP contribution is -2.37. The number of benzene rings is 1. The molecule has 1 amide bonds. The van der Waals surface area contributed by atoms with Crippen LogP contribution in [-0.2, 0) is 21.2 Å². The number of nitrogens with zero attached hydrogens (tertiary/aromatic N) is 1. The average Bonchev–Trinajstić information content (AvgIpc) is 2.52. The summed E-state index contributed by atoms with van der Waals surface area (Å²) in [7, 11) is -3.18. The van der Waals surface area contributed by atoms with Gasteiger partial charge in [0.1, 0.15) is 0 Å². The van der Waals surface area contributed by atoms with E-state index in [0.29, 0.717) is 16.9 Å². The van der Waals surface area contributed by atoms with Crippen molar-refractivity contribution in [2.75, 3.05) is 25.9 Å². The van der Waals surface area contributed by atoms with Crippen molar-refractivity contribution in [3.05, 3.63) is 29.8 Å². The van der Waals surface area contributed by atoms with Crippen LogP contribution in [0.5, 0.6) is 0 Å². The van der Waals surface area contributed by atoms with Gasteiger partial charge in [0, 0.05) is 19.3 Å².